The standard InChI is InChI=1S/C18H20N2O2.C4H8O.C4H10/c1-13-8-10-16(11-9-13)20-18(21)14(2)22-17-7-5-3-4-6-15(17)12-19;1-2-3-4-5;1-3-4-2/h3-4,6-11H,2,5,12,19H2,1H3,(H,20,21);4H,2-3H2,1H3;3-4H2,1-2H3. The van der Waals surface area contributed by atoms with Crippen molar-refractivity contribution in [1.82, 2.24) is 0 Å². The minimum atomic E-state index is -0.377. The average molecular weight is 427 g/mol. The molecule has 0 aliphatic heterocycles. The number of hydrogen-bond donors (Lipinski definition) is 2. The largest absolute Gasteiger partial charge is 0.452 e. The molecule has 0 saturated carbocycles. The van der Waals surface area contributed by atoms with Gasteiger partial charge in [-0.25, -0.2) is 0 Å². The first-order valence-electron chi connectivity index (χ1n) is 10.9. The number of rotatable bonds is 8. The number of unbranched alkanes of at least 4 members (excludes halogenated alkanes) is 2. The smallest absolute Gasteiger partial charge is 0.290 e. The highest BCUT2D eigenvalue weighted by molar-refractivity contribution is 6.01. The summed E-state index contributed by atoms with van der Waals surface area (Å²) in [5.74, 6) is 0.239. The highest BCUT2D eigenvalue weighted by Gasteiger charge is 2.14. The quantitative estimate of drug-likeness (QED) is 0.304. The molecule has 0 heterocycles. The third-order valence-corrected chi connectivity index (χ3v) is 4.11. The summed E-state index contributed by atoms with van der Waals surface area (Å²) in [5.41, 5.74) is 8.36. The number of aldehydes is 1. The van der Waals surface area contributed by atoms with E-state index in [1.165, 1.54) is 12.8 Å². The van der Waals surface area contributed by atoms with Gasteiger partial charge < -0.3 is 20.6 Å². The molecule has 1 aliphatic carbocycles. The van der Waals surface area contributed by atoms with Gasteiger partial charge in [0.15, 0.2) is 5.76 Å². The van der Waals surface area contributed by atoms with Crippen molar-refractivity contribution in [2.24, 2.45) is 5.73 Å². The number of hydrogen-bond acceptors (Lipinski definition) is 4. The molecule has 5 nitrogen and oxygen atoms in total. The molecular weight excluding hydrogens is 388 g/mol. The van der Waals surface area contributed by atoms with Crippen LogP contribution in [0.5, 0.6) is 0 Å². The van der Waals surface area contributed by atoms with E-state index in [1.54, 1.807) is 0 Å². The van der Waals surface area contributed by atoms with Crippen LogP contribution in [0.3, 0.4) is 0 Å². The van der Waals surface area contributed by atoms with Crippen molar-refractivity contribution in [2.45, 2.75) is 59.8 Å². The number of aryl methyl sites for hydroxylation is 1. The Bertz CT molecular complexity index is 757. The highest BCUT2D eigenvalue weighted by Crippen LogP contribution is 2.19. The first-order valence-corrected chi connectivity index (χ1v) is 10.9. The minimum Gasteiger partial charge on any atom is -0.452 e. The van der Waals surface area contributed by atoms with Crippen LogP contribution in [0, 0.1) is 6.92 Å². The summed E-state index contributed by atoms with van der Waals surface area (Å²) in [6.45, 7) is 12.4. The lowest BCUT2D eigenvalue weighted by Gasteiger charge is -2.13. The normalized spacial score (nSPS) is 11.9. The monoisotopic (exact) mass is 426 g/mol. The van der Waals surface area contributed by atoms with Crippen molar-refractivity contribution in [2.75, 3.05) is 11.9 Å². The Labute approximate surface area is 187 Å². The Hall–Kier alpha value is -2.92. The number of anilines is 1. The summed E-state index contributed by atoms with van der Waals surface area (Å²) in [6, 6.07) is 7.52. The van der Waals surface area contributed by atoms with Crippen LogP contribution in [0.1, 0.15) is 58.4 Å². The maximum atomic E-state index is 12.1. The van der Waals surface area contributed by atoms with Crippen LogP contribution in [-0.4, -0.2) is 18.7 Å². The zero-order valence-corrected chi connectivity index (χ0v) is 19.4. The Morgan fingerprint density at radius 3 is 2.29 bits per heavy atom. The molecule has 0 atom stereocenters. The van der Waals surface area contributed by atoms with Gasteiger partial charge in [-0.3, -0.25) is 4.79 Å². The molecule has 1 amide bonds. The first-order chi connectivity index (χ1) is 14.9. The lowest BCUT2D eigenvalue weighted by Crippen LogP contribution is -2.17. The van der Waals surface area contributed by atoms with E-state index < -0.39 is 0 Å². The zero-order chi connectivity index (χ0) is 23.5. The fourth-order valence-corrected chi connectivity index (χ4v) is 2.06. The first kappa shape index (κ1) is 28.1. The van der Waals surface area contributed by atoms with Crippen LogP contribution in [-0.2, 0) is 14.3 Å². The van der Waals surface area contributed by atoms with Gasteiger partial charge in [-0.1, -0.05) is 76.1 Å². The van der Waals surface area contributed by atoms with E-state index in [9.17, 15) is 9.59 Å². The molecule has 1 aromatic carbocycles. The van der Waals surface area contributed by atoms with E-state index in [1.807, 2.05) is 62.4 Å². The molecule has 1 aromatic rings. The van der Waals surface area contributed by atoms with Gasteiger partial charge in [0.05, 0.1) is 0 Å². The summed E-state index contributed by atoms with van der Waals surface area (Å²) < 4.78 is 5.60. The van der Waals surface area contributed by atoms with E-state index in [-0.39, 0.29) is 11.7 Å². The highest BCUT2D eigenvalue weighted by atomic mass is 16.5. The van der Waals surface area contributed by atoms with Crippen molar-refractivity contribution in [3.63, 3.8) is 0 Å². The molecule has 31 heavy (non-hydrogen) atoms. The Morgan fingerprint density at radius 2 is 1.81 bits per heavy atom. The van der Waals surface area contributed by atoms with Crippen LogP contribution in [0.2, 0.25) is 0 Å². The second kappa shape index (κ2) is 17.9. The molecule has 0 spiro atoms. The molecule has 1 aliphatic rings. The number of carbonyl (C=O) groups is 2. The van der Waals surface area contributed by atoms with Gasteiger partial charge in [0, 0.05) is 24.2 Å². The molecule has 0 unspecified atom stereocenters. The van der Waals surface area contributed by atoms with Gasteiger partial charge >= 0.3 is 0 Å². The van der Waals surface area contributed by atoms with Gasteiger partial charge in [0.1, 0.15) is 12.0 Å². The van der Waals surface area contributed by atoms with Crippen molar-refractivity contribution < 1.29 is 14.3 Å². The van der Waals surface area contributed by atoms with E-state index in [0.717, 1.165) is 30.3 Å². The number of nitrogens with two attached hydrogens (primary N) is 1. The Morgan fingerprint density at radius 1 is 1.16 bits per heavy atom. The maximum absolute atomic E-state index is 12.1. The molecular formula is C26H38N2O3. The molecule has 3 N–H and O–H groups in total. The summed E-state index contributed by atoms with van der Waals surface area (Å²) in [4.78, 5) is 21.5. The Kier molecular flexibility index (Phi) is 16.2. The molecule has 2 rings (SSSR count). The lowest BCUT2D eigenvalue weighted by atomic mass is 10.2. The summed E-state index contributed by atoms with van der Waals surface area (Å²) in [6.07, 6.45) is 13.6. The molecule has 0 radical (unpaired) electrons. The van der Waals surface area contributed by atoms with Crippen LogP contribution < -0.4 is 11.1 Å². The van der Waals surface area contributed by atoms with Gasteiger partial charge in [0.2, 0.25) is 0 Å². The van der Waals surface area contributed by atoms with Crippen molar-refractivity contribution >= 4 is 17.9 Å². The number of carbonyl (C=O) groups excluding carboxylic acids is 2. The van der Waals surface area contributed by atoms with Crippen LogP contribution in [0.25, 0.3) is 0 Å². The second-order valence-corrected chi connectivity index (χ2v) is 6.93. The molecule has 0 fully saturated rings. The predicted molar refractivity (Wildman–Crippen MR) is 131 cm³/mol. The summed E-state index contributed by atoms with van der Waals surface area (Å²) >= 11 is 0. The van der Waals surface area contributed by atoms with Gasteiger partial charge in [-0.15, -0.1) is 0 Å². The number of ether oxygens (including phenoxy) is 1. The molecule has 0 aromatic heterocycles. The maximum Gasteiger partial charge on any atom is 0.290 e. The van der Waals surface area contributed by atoms with Crippen molar-refractivity contribution in [3.05, 3.63) is 77.8 Å². The molecule has 5 heteroatoms. The minimum absolute atomic E-state index is 0.0353. The van der Waals surface area contributed by atoms with Gasteiger partial charge in [-0.2, -0.15) is 0 Å². The average Bonchev–Trinajstić information content (AvgIpc) is 3.01. The predicted octanol–water partition coefficient (Wildman–Crippen LogP) is 5.98. The SMILES string of the molecule is C=C(OC1=CCC=CC=C1CN)C(=O)Nc1ccc(C)cc1.CCCC.CCCC=O. The van der Waals surface area contributed by atoms with Gasteiger partial charge in [0.25, 0.3) is 5.91 Å². The van der Waals surface area contributed by atoms with E-state index in [2.05, 4.69) is 25.7 Å². The Balaban J connectivity index is 0.000000846. The zero-order valence-electron chi connectivity index (χ0n) is 19.4. The summed E-state index contributed by atoms with van der Waals surface area (Å²) in [7, 11) is 0. The third-order valence-electron chi connectivity index (χ3n) is 4.11. The topological polar surface area (TPSA) is 81.4 Å². The van der Waals surface area contributed by atoms with Gasteiger partial charge in [-0.05, 0) is 38.0 Å². The number of allylic oxidation sites excluding steroid dienone is 4. The van der Waals surface area contributed by atoms with Crippen LogP contribution in [0.15, 0.2) is 72.2 Å². The molecule has 0 saturated heterocycles. The van der Waals surface area contributed by atoms with Crippen molar-refractivity contribution in [1.29, 1.82) is 0 Å². The van der Waals surface area contributed by atoms with E-state index in [0.29, 0.717) is 24.4 Å². The van der Waals surface area contributed by atoms with Crippen LogP contribution >= 0.6 is 0 Å². The fraction of sp³-hybridized carbons (Fsp3) is 0.385. The third kappa shape index (κ3) is 13.1. The second-order valence-electron chi connectivity index (χ2n) is 6.93. The van der Waals surface area contributed by atoms with Crippen LogP contribution in [0.4, 0.5) is 5.69 Å². The number of nitrogens with one attached hydrogen (secondary N) is 1. The van der Waals surface area contributed by atoms with E-state index in [4.69, 9.17) is 10.5 Å². The fourth-order valence-electron chi connectivity index (χ4n) is 2.06. The number of benzene rings is 1. The summed E-state index contributed by atoms with van der Waals surface area (Å²) in [5, 5.41) is 2.75. The van der Waals surface area contributed by atoms with E-state index >= 15 is 0 Å². The lowest BCUT2D eigenvalue weighted by molar-refractivity contribution is -0.115. The molecule has 170 valence electrons. The number of amides is 1. The van der Waals surface area contributed by atoms with Crippen molar-refractivity contribution in [3.8, 4) is 0 Å². The molecule has 0 bridgehead atoms.